The Hall–Kier alpha value is -1.02. The van der Waals surface area contributed by atoms with E-state index in [9.17, 15) is 0 Å². The third-order valence-electron chi connectivity index (χ3n) is 7.74. The van der Waals surface area contributed by atoms with Gasteiger partial charge in [-0.25, -0.2) is 0 Å². The zero-order valence-electron chi connectivity index (χ0n) is 15.8. The number of hydrogen-bond acceptors (Lipinski definition) is 1. The van der Waals surface area contributed by atoms with Crippen molar-refractivity contribution in [2.75, 3.05) is 27.2 Å². The number of benzene rings is 1. The monoisotopic (exact) mass is 328 g/mol. The van der Waals surface area contributed by atoms with E-state index in [1.165, 1.54) is 68.9 Å². The van der Waals surface area contributed by atoms with Gasteiger partial charge in [0, 0.05) is 24.2 Å². The molecule has 1 aromatic carbocycles. The van der Waals surface area contributed by atoms with E-state index in [-0.39, 0.29) is 0 Å². The van der Waals surface area contributed by atoms with Gasteiger partial charge in [-0.3, -0.25) is 0 Å². The Morgan fingerprint density at radius 3 is 2.92 bits per heavy atom. The molecular formula is C22H34NO+. The average Bonchev–Trinajstić information content (AvgIpc) is 2.63. The van der Waals surface area contributed by atoms with Gasteiger partial charge in [-0.15, -0.1) is 0 Å². The lowest BCUT2D eigenvalue weighted by Gasteiger charge is -2.61. The van der Waals surface area contributed by atoms with Gasteiger partial charge >= 0.3 is 0 Å². The summed E-state index contributed by atoms with van der Waals surface area (Å²) >= 11 is 0. The van der Waals surface area contributed by atoms with Crippen molar-refractivity contribution in [3.8, 4) is 5.75 Å². The van der Waals surface area contributed by atoms with Crippen molar-refractivity contribution in [2.45, 2.75) is 69.7 Å². The third kappa shape index (κ3) is 2.33. The van der Waals surface area contributed by atoms with Crippen LogP contribution < -0.4 is 4.74 Å². The number of ether oxygens (including phenoxy) is 1. The molecule has 2 nitrogen and oxygen atoms in total. The summed E-state index contributed by atoms with van der Waals surface area (Å²) in [5.74, 6) is 1.95. The largest absolute Gasteiger partial charge is 0.497 e. The van der Waals surface area contributed by atoms with Crippen molar-refractivity contribution in [3.05, 3.63) is 29.3 Å². The van der Waals surface area contributed by atoms with Crippen LogP contribution in [0.4, 0.5) is 0 Å². The molecule has 0 radical (unpaired) electrons. The SMILES string of the molecule is CCCC[N+]1(C)CC[C@@]23CCCC[C@@H]2[C@@H]1Cc1ccc(OC)cc13. The molecule has 1 aliphatic heterocycles. The third-order valence-corrected chi connectivity index (χ3v) is 7.74. The molecule has 1 unspecified atom stereocenters. The van der Waals surface area contributed by atoms with E-state index in [1.807, 2.05) is 7.11 Å². The van der Waals surface area contributed by atoms with Gasteiger partial charge in [-0.1, -0.05) is 32.3 Å². The maximum absolute atomic E-state index is 5.58. The number of rotatable bonds is 4. The number of piperidine rings is 1. The fraction of sp³-hybridized carbons (Fsp3) is 0.727. The summed E-state index contributed by atoms with van der Waals surface area (Å²) in [5.41, 5.74) is 3.73. The zero-order valence-corrected chi connectivity index (χ0v) is 15.8. The van der Waals surface area contributed by atoms with Crippen LogP contribution in [-0.4, -0.2) is 37.8 Å². The number of unbranched alkanes of at least 4 members (excludes halogenated alkanes) is 1. The summed E-state index contributed by atoms with van der Waals surface area (Å²) in [6, 6.07) is 7.80. The standard InChI is InChI=1S/C22H34NO/c1-4-5-13-23(2)14-12-22-11-7-6-8-19(22)21(23)15-17-9-10-18(24-3)16-20(17)22/h9-10,16,19,21H,4-8,11-15H2,1-3H3/q+1/t19-,21+,22+,23?/m1/s1. The second kappa shape index (κ2) is 6.05. The van der Waals surface area contributed by atoms with Gasteiger partial charge < -0.3 is 9.22 Å². The minimum Gasteiger partial charge on any atom is -0.497 e. The lowest BCUT2D eigenvalue weighted by atomic mass is 9.52. The summed E-state index contributed by atoms with van der Waals surface area (Å²) in [4.78, 5) is 0. The van der Waals surface area contributed by atoms with Crippen molar-refractivity contribution in [1.82, 2.24) is 0 Å². The fourth-order valence-electron chi connectivity index (χ4n) is 6.37. The summed E-state index contributed by atoms with van der Waals surface area (Å²) in [7, 11) is 4.37. The molecule has 1 aromatic rings. The Balaban J connectivity index is 1.79. The number of likely N-dealkylation sites (N-methyl/N-ethyl adjacent to an activating group) is 1. The van der Waals surface area contributed by atoms with Gasteiger partial charge in [0.05, 0.1) is 33.3 Å². The van der Waals surface area contributed by atoms with E-state index in [0.717, 1.165) is 17.7 Å². The number of quaternary nitrogens is 1. The summed E-state index contributed by atoms with van der Waals surface area (Å²) in [6.07, 6.45) is 11.1. The predicted molar refractivity (Wildman–Crippen MR) is 99.6 cm³/mol. The molecular weight excluding hydrogens is 294 g/mol. The van der Waals surface area contributed by atoms with E-state index in [4.69, 9.17) is 4.74 Å². The first kappa shape index (κ1) is 16.4. The van der Waals surface area contributed by atoms with Crippen molar-refractivity contribution in [3.63, 3.8) is 0 Å². The van der Waals surface area contributed by atoms with Crippen molar-refractivity contribution in [1.29, 1.82) is 0 Å². The average molecular weight is 329 g/mol. The van der Waals surface area contributed by atoms with Gasteiger partial charge in [0.2, 0.25) is 0 Å². The normalized spacial score (nSPS) is 37.5. The number of likely N-dealkylation sites (tertiary alicyclic amines) is 1. The number of fused-ring (bicyclic) bond motifs is 1. The molecule has 2 heteroatoms. The number of methoxy groups -OCH3 is 1. The quantitative estimate of drug-likeness (QED) is 0.728. The molecule has 1 heterocycles. The van der Waals surface area contributed by atoms with Crippen LogP contribution >= 0.6 is 0 Å². The first-order valence-electron chi connectivity index (χ1n) is 10.1. The summed E-state index contributed by atoms with van der Waals surface area (Å²) < 4.78 is 6.91. The second-order valence-corrected chi connectivity index (χ2v) is 8.83. The highest BCUT2D eigenvalue weighted by molar-refractivity contribution is 5.45. The lowest BCUT2D eigenvalue weighted by molar-refractivity contribution is -0.945. The minimum absolute atomic E-state index is 0.453. The van der Waals surface area contributed by atoms with Gasteiger partial charge in [-0.05, 0) is 42.5 Å². The van der Waals surface area contributed by atoms with Crippen LogP contribution in [0.25, 0.3) is 0 Å². The lowest BCUT2D eigenvalue weighted by Crippen LogP contribution is -2.68. The van der Waals surface area contributed by atoms with Gasteiger partial charge in [-0.2, -0.15) is 0 Å². The Morgan fingerprint density at radius 1 is 1.25 bits per heavy atom. The van der Waals surface area contributed by atoms with Crippen LogP contribution in [0.1, 0.15) is 63.0 Å². The molecule has 1 saturated carbocycles. The molecule has 3 aliphatic rings. The molecule has 1 saturated heterocycles. The molecule has 2 aliphatic carbocycles. The van der Waals surface area contributed by atoms with Crippen LogP contribution in [0.2, 0.25) is 0 Å². The minimum atomic E-state index is 0.453. The zero-order chi connectivity index (χ0) is 16.8. The first-order valence-corrected chi connectivity index (χ1v) is 10.1. The first-order chi connectivity index (χ1) is 11.6. The van der Waals surface area contributed by atoms with Crippen LogP contribution in [0.15, 0.2) is 18.2 Å². The van der Waals surface area contributed by atoms with Crippen LogP contribution in [0, 0.1) is 5.92 Å². The Kier molecular flexibility index (Phi) is 4.15. The topological polar surface area (TPSA) is 9.23 Å². The Bertz CT molecular complexity index is 612. The Morgan fingerprint density at radius 2 is 2.12 bits per heavy atom. The molecule has 4 atom stereocenters. The predicted octanol–water partition coefficient (Wildman–Crippen LogP) is 4.70. The molecule has 0 aromatic heterocycles. The van der Waals surface area contributed by atoms with Crippen molar-refractivity contribution in [2.24, 2.45) is 5.92 Å². The Labute approximate surface area is 147 Å². The molecule has 132 valence electrons. The maximum atomic E-state index is 5.58. The molecule has 0 amide bonds. The molecule has 24 heavy (non-hydrogen) atoms. The van der Waals surface area contributed by atoms with Gasteiger partial charge in [0.25, 0.3) is 0 Å². The van der Waals surface area contributed by atoms with Crippen LogP contribution in [-0.2, 0) is 11.8 Å². The van der Waals surface area contributed by atoms with E-state index >= 15 is 0 Å². The summed E-state index contributed by atoms with van der Waals surface area (Å²) in [5, 5.41) is 0. The van der Waals surface area contributed by atoms with Gasteiger partial charge in [0.1, 0.15) is 5.75 Å². The molecule has 2 bridgehead atoms. The highest BCUT2D eigenvalue weighted by atomic mass is 16.5. The van der Waals surface area contributed by atoms with E-state index in [0.29, 0.717) is 5.41 Å². The van der Waals surface area contributed by atoms with E-state index in [2.05, 4.69) is 32.2 Å². The van der Waals surface area contributed by atoms with Crippen LogP contribution in [0.3, 0.4) is 0 Å². The van der Waals surface area contributed by atoms with Crippen molar-refractivity contribution >= 4 is 0 Å². The van der Waals surface area contributed by atoms with Gasteiger partial charge in [0.15, 0.2) is 0 Å². The van der Waals surface area contributed by atoms with E-state index < -0.39 is 0 Å². The highest BCUT2D eigenvalue weighted by Gasteiger charge is 2.58. The van der Waals surface area contributed by atoms with Crippen molar-refractivity contribution < 1.29 is 9.22 Å². The molecule has 0 spiro atoms. The number of nitrogens with zero attached hydrogens (tertiary/aromatic N) is 1. The van der Waals surface area contributed by atoms with E-state index in [1.54, 1.807) is 11.1 Å². The van der Waals surface area contributed by atoms with Crippen LogP contribution in [0.5, 0.6) is 5.75 Å². The molecule has 4 rings (SSSR count). The molecule has 2 fully saturated rings. The summed E-state index contributed by atoms with van der Waals surface area (Å²) in [6.45, 7) is 5.08. The smallest absolute Gasteiger partial charge is 0.119 e. The maximum Gasteiger partial charge on any atom is 0.119 e. The second-order valence-electron chi connectivity index (χ2n) is 8.83. The number of hydrogen-bond donors (Lipinski definition) is 0. The highest BCUT2D eigenvalue weighted by Crippen LogP contribution is 2.57. The fourth-order valence-corrected chi connectivity index (χ4v) is 6.37. The molecule has 0 N–H and O–H groups in total.